The van der Waals surface area contributed by atoms with E-state index in [0.29, 0.717) is 22.3 Å². The Labute approximate surface area is 205 Å². The second-order valence-electron chi connectivity index (χ2n) is 8.31. The van der Waals surface area contributed by atoms with Crippen LogP contribution in [0.2, 0.25) is 10.0 Å². The molecule has 4 nitrogen and oxygen atoms in total. The minimum absolute atomic E-state index is 0.0736. The molecule has 0 bridgehead atoms. The number of amides is 2. The number of thioether (sulfide) groups is 1. The third kappa shape index (κ3) is 6.66. The van der Waals surface area contributed by atoms with Crippen LogP contribution in [0, 0.1) is 6.92 Å². The summed E-state index contributed by atoms with van der Waals surface area (Å²) in [4.78, 5) is 27.9. The monoisotopic (exact) mass is 492 g/mol. The summed E-state index contributed by atoms with van der Waals surface area (Å²) in [7, 11) is 0. The van der Waals surface area contributed by atoms with E-state index in [-0.39, 0.29) is 23.6 Å². The van der Waals surface area contributed by atoms with Crippen molar-refractivity contribution in [1.29, 1.82) is 0 Å². The zero-order valence-corrected chi connectivity index (χ0v) is 20.9. The molecule has 0 radical (unpaired) electrons. The van der Waals surface area contributed by atoms with E-state index < -0.39 is 6.04 Å². The molecule has 1 atom stereocenters. The van der Waals surface area contributed by atoms with E-state index in [1.165, 1.54) is 11.8 Å². The first-order chi connectivity index (χ1) is 15.4. The largest absolute Gasteiger partial charge is 0.352 e. The van der Waals surface area contributed by atoms with E-state index in [9.17, 15) is 9.59 Å². The van der Waals surface area contributed by atoms with Gasteiger partial charge in [0.15, 0.2) is 0 Å². The van der Waals surface area contributed by atoms with Crippen LogP contribution in [-0.4, -0.2) is 34.6 Å². The maximum absolute atomic E-state index is 13.3. The summed E-state index contributed by atoms with van der Waals surface area (Å²) in [5.41, 5.74) is 2.97. The Balaban J connectivity index is 1.69. The second kappa shape index (κ2) is 12.0. The van der Waals surface area contributed by atoms with Crippen LogP contribution in [-0.2, 0) is 21.9 Å². The number of rotatable bonds is 9. The summed E-state index contributed by atoms with van der Waals surface area (Å²) < 4.78 is 0. The molecule has 2 aromatic carbocycles. The van der Waals surface area contributed by atoms with Crippen LogP contribution < -0.4 is 5.32 Å². The summed E-state index contributed by atoms with van der Waals surface area (Å²) in [5, 5.41) is 4.33. The van der Waals surface area contributed by atoms with Crippen molar-refractivity contribution in [3.63, 3.8) is 0 Å². The van der Waals surface area contributed by atoms with E-state index in [0.717, 1.165) is 42.4 Å². The summed E-state index contributed by atoms with van der Waals surface area (Å²) in [6.45, 7) is 4.24. The minimum Gasteiger partial charge on any atom is -0.352 e. The van der Waals surface area contributed by atoms with E-state index in [4.69, 9.17) is 23.2 Å². The van der Waals surface area contributed by atoms with Crippen LogP contribution in [0.25, 0.3) is 0 Å². The van der Waals surface area contributed by atoms with Crippen molar-refractivity contribution >= 4 is 46.8 Å². The maximum atomic E-state index is 13.3. The maximum Gasteiger partial charge on any atom is 0.242 e. The highest BCUT2D eigenvalue weighted by Gasteiger charge is 2.28. The van der Waals surface area contributed by atoms with Gasteiger partial charge < -0.3 is 10.2 Å². The van der Waals surface area contributed by atoms with Gasteiger partial charge in [0.2, 0.25) is 11.8 Å². The molecular weight excluding hydrogens is 463 g/mol. The number of aryl methyl sites for hydroxylation is 1. The van der Waals surface area contributed by atoms with Crippen molar-refractivity contribution in [2.75, 3.05) is 5.75 Å². The van der Waals surface area contributed by atoms with E-state index in [2.05, 4.69) is 5.32 Å². The lowest BCUT2D eigenvalue weighted by Gasteiger charge is -2.30. The molecular formula is C25H30Cl2N2O2S. The molecule has 1 aliphatic rings. The van der Waals surface area contributed by atoms with Crippen molar-refractivity contribution in [2.24, 2.45) is 0 Å². The summed E-state index contributed by atoms with van der Waals surface area (Å²) >= 11 is 14.0. The summed E-state index contributed by atoms with van der Waals surface area (Å²) in [5.74, 6) is 0.619. The fourth-order valence-electron chi connectivity index (χ4n) is 3.94. The number of nitrogens with one attached hydrogen (secondary N) is 1. The molecule has 1 N–H and O–H groups in total. The molecule has 32 heavy (non-hydrogen) atoms. The molecule has 172 valence electrons. The van der Waals surface area contributed by atoms with Gasteiger partial charge in [-0.05, 0) is 55.5 Å². The Morgan fingerprint density at radius 2 is 1.75 bits per heavy atom. The Morgan fingerprint density at radius 3 is 2.41 bits per heavy atom. The molecule has 1 saturated carbocycles. The molecule has 0 aromatic heterocycles. The van der Waals surface area contributed by atoms with Gasteiger partial charge in [0.05, 0.1) is 5.75 Å². The SMILES string of the molecule is Cc1ccccc1CN(C(=O)CSCc1c(Cl)cccc1Cl)C(C)C(=O)NC1CCCC1. The van der Waals surface area contributed by atoms with Gasteiger partial charge >= 0.3 is 0 Å². The van der Waals surface area contributed by atoms with Gasteiger partial charge in [0.1, 0.15) is 6.04 Å². The van der Waals surface area contributed by atoms with E-state index >= 15 is 0 Å². The lowest BCUT2D eigenvalue weighted by atomic mass is 10.1. The quantitative estimate of drug-likeness (QED) is 0.466. The Bertz CT molecular complexity index is 927. The van der Waals surface area contributed by atoms with Gasteiger partial charge in [-0.1, -0.05) is 66.4 Å². The zero-order valence-electron chi connectivity index (χ0n) is 18.6. The van der Waals surface area contributed by atoms with E-state index in [1.54, 1.807) is 23.1 Å². The van der Waals surface area contributed by atoms with Gasteiger partial charge in [-0.3, -0.25) is 9.59 Å². The summed E-state index contributed by atoms with van der Waals surface area (Å²) in [6, 6.07) is 13.0. The van der Waals surface area contributed by atoms with Crippen molar-refractivity contribution in [3.8, 4) is 0 Å². The lowest BCUT2D eigenvalue weighted by molar-refractivity contribution is -0.139. The van der Waals surface area contributed by atoms with Crippen LogP contribution in [0.4, 0.5) is 0 Å². The van der Waals surface area contributed by atoms with Gasteiger partial charge in [0.25, 0.3) is 0 Å². The first-order valence-corrected chi connectivity index (χ1v) is 12.9. The number of hydrogen-bond donors (Lipinski definition) is 1. The normalized spacial score (nSPS) is 14.9. The molecule has 1 aliphatic carbocycles. The fraction of sp³-hybridized carbons (Fsp3) is 0.440. The highest BCUT2D eigenvalue weighted by molar-refractivity contribution is 7.99. The summed E-state index contributed by atoms with van der Waals surface area (Å²) in [6.07, 6.45) is 4.32. The Morgan fingerprint density at radius 1 is 1.09 bits per heavy atom. The number of carbonyl (C=O) groups excluding carboxylic acids is 2. The highest BCUT2D eigenvalue weighted by Crippen LogP contribution is 2.28. The first-order valence-electron chi connectivity index (χ1n) is 11.0. The molecule has 2 amide bonds. The van der Waals surface area contributed by atoms with Crippen LogP contribution in [0.3, 0.4) is 0 Å². The predicted molar refractivity (Wildman–Crippen MR) is 134 cm³/mol. The molecule has 3 rings (SSSR count). The lowest BCUT2D eigenvalue weighted by Crippen LogP contribution is -2.50. The topological polar surface area (TPSA) is 49.4 Å². The molecule has 1 fully saturated rings. The Kier molecular flexibility index (Phi) is 9.33. The number of nitrogens with zero attached hydrogens (tertiary/aromatic N) is 1. The third-order valence-corrected chi connectivity index (χ3v) is 7.66. The van der Waals surface area contributed by atoms with Gasteiger partial charge in [0, 0.05) is 28.4 Å². The van der Waals surface area contributed by atoms with Crippen LogP contribution in [0.5, 0.6) is 0 Å². The smallest absolute Gasteiger partial charge is 0.242 e. The molecule has 7 heteroatoms. The van der Waals surface area contributed by atoms with E-state index in [1.807, 2.05) is 38.1 Å². The fourth-order valence-corrected chi connectivity index (χ4v) is 5.59. The number of halogens is 2. The van der Waals surface area contributed by atoms with Crippen molar-refractivity contribution in [3.05, 3.63) is 69.2 Å². The number of benzene rings is 2. The van der Waals surface area contributed by atoms with Gasteiger partial charge in [-0.15, -0.1) is 11.8 Å². The molecule has 1 unspecified atom stereocenters. The second-order valence-corrected chi connectivity index (χ2v) is 10.1. The number of carbonyl (C=O) groups is 2. The van der Waals surface area contributed by atoms with Crippen LogP contribution >= 0.6 is 35.0 Å². The third-order valence-electron chi connectivity index (χ3n) is 6.00. The minimum atomic E-state index is -0.549. The molecule has 0 spiro atoms. The van der Waals surface area contributed by atoms with Crippen molar-refractivity contribution < 1.29 is 9.59 Å². The molecule has 2 aromatic rings. The average molecular weight is 494 g/mol. The van der Waals surface area contributed by atoms with Crippen LogP contribution in [0.15, 0.2) is 42.5 Å². The number of hydrogen-bond acceptors (Lipinski definition) is 3. The predicted octanol–water partition coefficient (Wildman–Crippen LogP) is 6.01. The molecule has 0 aliphatic heterocycles. The standard InChI is InChI=1S/C25H30Cl2N2O2S/c1-17-8-3-4-9-19(17)14-29(18(2)25(31)28-20-10-5-6-11-20)24(30)16-32-15-21-22(26)12-7-13-23(21)27/h3-4,7-9,12-13,18,20H,5-6,10-11,14-16H2,1-2H3,(H,28,31). The van der Waals surface area contributed by atoms with Gasteiger partial charge in [-0.25, -0.2) is 0 Å². The molecule has 0 heterocycles. The first kappa shape index (κ1) is 24.9. The highest BCUT2D eigenvalue weighted by atomic mass is 35.5. The zero-order chi connectivity index (χ0) is 23.1. The van der Waals surface area contributed by atoms with Crippen molar-refractivity contribution in [2.45, 2.75) is 63.9 Å². The molecule has 0 saturated heterocycles. The van der Waals surface area contributed by atoms with Crippen molar-refractivity contribution in [1.82, 2.24) is 10.2 Å². The average Bonchev–Trinajstić information content (AvgIpc) is 3.27. The Hall–Kier alpha value is -1.69. The van der Waals surface area contributed by atoms with Crippen LogP contribution in [0.1, 0.15) is 49.3 Å². The van der Waals surface area contributed by atoms with Gasteiger partial charge in [-0.2, -0.15) is 0 Å².